The molecular weight excluding hydrogens is 224 g/mol. The summed E-state index contributed by atoms with van der Waals surface area (Å²) in [5.41, 5.74) is 2.55. The zero-order chi connectivity index (χ0) is 12.8. The van der Waals surface area contributed by atoms with Crippen molar-refractivity contribution < 1.29 is 4.74 Å². The Kier molecular flexibility index (Phi) is 3.83. The molecule has 0 unspecified atom stereocenters. The molecule has 2 rings (SSSR count). The molecule has 0 spiro atoms. The number of nitriles is 1. The Morgan fingerprint density at radius 2 is 1.94 bits per heavy atom. The van der Waals surface area contributed by atoms with Crippen LogP contribution in [0.5, 0.6) is 5.75 Å². The van der Waals surface area contributed by atoms with E-state index in [2.05, 4.69) is 11.4 Å². The molecule has 0 bridgehead atoms. The number of rotatable bonds is 4. The first-order valence-corrected chi connectivity index (χ1v) is 5.72. The fourth-order valence-electron chi connectivity index (χ4n) is 1.62. The molecule has 0 aliphatic heterocycles. The van der Waals surface area contributed by atoms with E-state index in [-0.39, 0.29) is 0 Å². The van der Waals surface area contributed by atoms with E-state index in [1.54, 1.807) is 6.07 Å². The van der Waals surface area contributed by atoms with Crippen LogP contribution in [0, 0.1) is 11.3 Å². The molecule has 90 valence electrons. The average molecular weight is 238 g/mol. The number of hydrogen-bond donors (Lipinski definition) is 1. The van der Waals surface area contributed by atoms with Crippen LogP contribution in [0.2, 0.25) is 0 Å². The van der Waals surface area contributed by atoms with E-state index in [0.717, 1.165) is 11.3 Å². The van der Waals surface area contributed by atoms with Crippen molar-refractivity contribution in [1.29, 1.82) is 5.26 Å². The maximum Gasteiger partial charge on any atom is 0.139 e. The molecule has 0 atom stereocenters. The van der Waals surface area contributed by atoms with Crippen molar-refractivity contribution in [3.8, 4) is 11.8 Å². The van der Waals surface area contributed by atoms with Crippen LogP contribution in [-0.4, -0.2) is 7.05 Å². The van der Waals surface area contributed by atoms with E-state index in [9.17, 15) is 0 Å². The third kappa shape index (κ3) is 2.80. The molecule has 3 nitrogen and oxygen atoms in total. The first-order chi connectivity index (χ1) is 8.83. The first kappa shape index (κ1) is 12.0. The van der Waals surface area contributed by atoms with Gasteiger partial charge in [0.1, 0.15) is 18.4 Å². The van der Waals surface area contributed by atoms with Crippen molar-refractivity contribution in [3.63, 3.8) is 0 Å². The number of nitrogens with one attached hydrogen (secondary N) is 1. The molecule has 0 saturated heterocycles. The maximum atomic E-state index is 9.03. The Morgan fingerprint density at radius 1 is 1.17 bits per heavy atom. The van der Waals surface area contributed by atoms with Crippen molar-refractivity contribution in [3.05, 3.63) is 59.7 Å². The van der Waals surface area contributed by atoms with Gasteiger partial charge in [-0.05, 0) is 17.7 Å². The molecule has 2 aromatic rings. The Morgan fingerprint density at radius 3 is 2.61 bits per heavy atom. The minimum atomic E-state index is 0.461. The van der Waals surface area contributed by atoms with Crippen molar-refractivity contribution >= 4 is 5.69 Å². The van der Waals surface area contributed by atoms with E-state index in [0.29, 0.717) is 17.9 Å². The van der Waals surface area contributed by atoms with Gasteiger partial charge in [0, 0.05) is 18.8 Å². The number of nitrogens with zero attached hydrogens (tertiary/aromatic N) is 1. The molecule has 0 amide bonds. The lowest BCUT2D eigenvalue weighted by Crippen LogP contribution is -1.98. The predicted molar refractivity (Wildman–Crippen MR) is 71.5 cm³/mol. The van der Waals surface area contributed by atoms with E-state index < -0.39 is 0 Å². The fraction of sp³-hybridized carbons (Fsp3) is 0.133. The summed E-state index contributed by atoms with van der Waals surface area (Å²) in [5, 5.41) is 12.1. The smallest absolute Gasteiger partial charge is 0.139 e. The van der Waals surface area contributed by atoms with Crippen molar-refractivity contribution in [2.45, 2.75) is 6.61 Å². The third-order valence-corrected chi connectivity index (χ3v) is 2.63. The van der Waals surface area contributed by atoms with Crippen LogP contribution >= 0.6 is 0 Å². The molecule has 0 fully saturated rings. The van der Waals surface area contributed by atoms with Gasteiger partial charge in [-0.3, -0.25) is 0 Å². The van der Waals surface area contributed by atoms with E-state index in [4.69, 9.17) is 10.00 Å². The summed E-state index contributed by atoms with van der Waals surface area (Å²) in [7, 11) is 1.84. The first-order valence-electron chi connectivity index (χ1n) is 5.72. The van der Waals surface area contributed by atoms with Crippen LogP contribution in [0.25, 0.3) is 0 Å². The monoisotopic (exact) mass is 238 g/mol. The Labute approximate surface area is 107 Å². The maximum absolute atomic E-state index is 9.03. The Hall–Kier alpha value is -2.47. The molecular formula is C15H14N2O. The summed E-state index contributed by atoms with van der Waals surface area (Å²) >= 11 is 0. The lowest BCUT2D eigenvalue weighted by atomic mass is 10.2. The zero-order valence-corrected chi connectivity index (χ0v) is 10.2. The van der Waals surface area contributed by atoms with Gasteiger partial charge in [-0.2, -0.15) is 5.26 Å². The topological polar surface area (TPSA) is 45.0 Å². The molecule has 0 aromatic heterocycles. The van der Waals surface area contributed by atoms with Gasteiger partial charge in [0.05, 0.1) is 5.56 Å². The summed E-state index contributed by atoms with van der Waals surface area (Å²) < 4.78 is 5.69. The average Bonchev–Trinajstić information content (AvgIpc) is 2.45. The molecule has 1 N–H and O–H groups in total. The van der Waals surface area contributed by atoms with Crippen LogP contribution in [-0.2, 0) is 6.61 Å². The predicted octanol–water partition coefficient (Wildman–Crippen LogP) is 3.18. The molecule has 0 saturated carbocycles. The Balaban J connectivity index is 2.15. The van der Waals surface area contributed by atoms with Crippen molar-refractivity contribution in [2.24, 2.45) is 0 Å². The lowest BCUT2D eigenvalue weighted by molar-refractivity contribution is 0.305. The van der Waals surface area contributed by atoms with Gasteiger partial charge in [-0.1, -0.05) is 30.3 Å². The second-order valence-electron chi connectivity index (χ2n) is 3.85. The second kappa shape index (κ2) is 5.74. The van der Waals surface area contributed by atoms with E-state index >= 15 is 0 Å². The minimum absolute atomic E-state index is 0.461. The van der Waals surface area contributed by atoms with E-state index in [1.165, 1.54) is 0 Å². The van der Waals surface area contributed by atoms with Crippen molar-refractivity contribution in [2.75, 3.05) is 12.4 Å². The van der Waals surface area contributed by atoms with Crippen LogP contribution in [0.4, 0.5) is 5.69 Å². The fourth-order valence-corrected chi connectivity index (χ4v) is 1.62. The van der Waals surface area contributed by atoms with Crippen LogP contribution in [0.3, 0.4) is 0 Å². The van der Waals surface area contributed by atoms with Crippen LogP contribution in [0.1, 0.15) is 11.1 Å². The highest BCUT2D eigenvalue weighted by molar-refractivity contribution is 5.55. The molecule has 0 heterocycles. The molecule has 2 aromatic carbocycles. The molecule has 3 heteroatoms. The van der Waals surface area contributed by atoms with E-state index in [1.807, 2.05) is 49.5 Å². The van der Waals surface area contributed by atoms with Crippen molar-refractivity contribution in [1.82, 2.24) is 0 Å². The summed E-state index contributed by atoms with van der Waals surface area (Å²) in [6, 6.07) is 17.5. The van der Waals surface area contributed by atoms with Gasteiger partial charge in [0.25, 0.3) is 0 Å². The number of hydrogen-bond acceptors (Lipinski definition) is 3. The summed E-state index contributed by atoms with van der Waals surface area (Å²) in [6.07, 6.45) is 0. The van der Waals surface area contributed by atoms with Gasteiger partial charge in [0.15, 0.2) is 0 Å². The summed E-state index contributed by atoms with van der Waals surface area (Å²) in [4.78, 5) is 0. The lowest BCUT2D eigenvalue weighted by Gasteiger charge is -2.09. The SMILES string of the molecule is CNc1ccc(C#N)c(OCc2ccccc2)c1. The van der Waals surface area contributed by atoms with Crippen LogP contribution < -0.4 is 10.1 Å². The third-order valence-electron chi connectivity index (χ3n) is 2.63. The largest absolute Gasteiger partial charge is 0.487 e. The Bertz CT molecular complexity index is 558. The van der Waals surface area contributed by atoms with Gasteiger partial charge in [-0.15, -0.1) is 0 Å². The minimum Gasteiger partial charge on any atom is -0.487 e. The highest BCUT2D eigenvalue weighted by atomic mass is 16.5. The summed E-state index contributed by atoms with van der Waals surface area (Å²) in [6.45, 7) is 0.461. The van der Waals surface area contributed by atoms with Gasteiger partial charge < -0.3 is 10.1 Å². The number of ether oxygens (including phenoxy) is 1. The van der Waals surface area contributed by atoms with Gasteiger partial charge in [-0.25, -0.2) is 0 Å². The highest BCUT2D eigenvalue weighted by Gasteiger charge is 2.04. The number of anilines is 1. The normalized spacial score (nSPS) is 9.56. The standard InChI is InChI=1S/C15H14N2O/c1-17-14-8-7-13(10-16)15(9-14)18-11-12-5-3-2-4-6-12/h2-9,17H,11H2,1H3. The van der Waals surface area contributed by atoms with Gasteiger partial charge in [0.2, 0.25) is 0 Å². The second-order valence-corrected chi connectivity index (χ2v) is 3.85. The van der Waals surface area contributed by atoms with Crippen LogP contribution in [0.15, 0.2) is 48.5 Å². The summed E-state index contributed by atoms with van der Waals surface area (Å²) in [5.74, 6) is 0.605. The quantitative estimate of drug-likeness (QED) is 0.889. The molecule has 0 aliphatic carbocycles. The number of benzene rings is 2. The molecule has 0 radical (unpaired) electrons. The molecule has 0 aliphatic rings. The zero-order valence-electron chi connectivity index (χ0n) is 10.2. The molecule has 18 heavy (non-hydrogen) atoms. The van der Waals surface area contributed by atoms with Gasteiger partial charge >= 0.3 is 0 Å². The highest BCUT2D eigenvalue weighted by Crippen LogP contribution is 2.23.